The molecule has 4 fully saturated rings. The molecule has 0 aromatic carbocycles. The average molecular weight is 545 g/mol. The molecule has 11 aliphatic rings. The highest BCUT2D eigenvalue weighted by Crippen LogP contribution is 2.04. The summed E-state index contributed by atoms with van der Waals surface area (Å²) in [7, 11) is 0. The molecule has 11 heterocycles. The maximum absolute atomic E-state index is 3.44. The lowest BCUT2D eigenvalue weighted by atomic mass is 10.3. The van der Waals surface area contributed by atoms with E-state index in [1.54, 1.807) is 0 Å². The second-order valence-corrected chi connectivity index (χ2v) is 11.6. The molecule has 8 bridgehead atoms. The Hall–Kier alpha value is -2.08. The summed E-state index contributed by atoms with van der Waals surface area (Å²) in [4.78, 5) is 19.9. The Morgan fingerprint density at radius 2 is 0.275 bits per heavy atom. The van der Waals surface area contributed by atoms with Gasteiger partial charge in [0.15, 0.2) is 0 Å². The van der Waals surface area contributed by atoms with Gasteiger partial charge in [0.1, 0.15) is 0 Å². The van der Waals surface area contributed by atoms with E-state index in [4.69, 9.17) is 0 Å². The monoisotopic (exact) mass is 544 g/mol. The number of rotatable bonds is 0. The molecule has 40 heavy (non-hydrogen) atoms. The van der Waals surface area contributed by atoms with Crippen LogP contribution in [0, 0.1) is 47.4 Å². The van der Waals surface area contributed by atoms with Gasteiger partial charge < -0.3 is 0 Å². The smallest absolute Gasteiger partial charge is 0.0602 e. The molecule has 8 nitrogen and oxygen atoms in total. The summed E-state index contributed by atoms with van der Waals surface area (Å²) in [6.07, 6.45) is 0. The Bertz CT molecular complexity index is 774. The van der Waals surface area contributed by atoms with Crippen LogP contribution in [0.5, 0.6) is 0 Å². The number of piperazine rings is 4. The highest BCUT2D eigenvalue weighted by molar-refractivity contribution is 5.08. The molecule has 216 valence electrons. The number of nitrogens with zero attached hydrogens (tertiary/aromatic N) is 8. The molecule has 0 saturated carbocycles. The summed E-state index contributed by atoms with van der Waals surface area (Å²) in [6, 6.07) is 0. The van der Waals surface area contributed by atoms with E-state index in [0.29, 0.717) is 0 Å². The predicted molar refractivity (Wildman–Crippen MR) is 163 cm³/mol. The van der Waals surface area contributed by atoms with Crippen LogP contribution in [0.25, 0.3) is 0 Å². The van der Waals surface area contributed by atoms with Crippen LogP contribution in [-0.4, -0.2) is 196 Å². The fourth-order valence-electron chi connectivity index (χ4n) is 5.76. The Morgan fingerprint density at radius 3 is 0.375 bits per heavy atom. The van der Waals surface area contributed by atoms with E-state index in [1.807, 2.05) is 0 Å². The van der Waals surface area contributed by atoms with E-state index in [1.165, 1.54) is 0 Å². The quantitative estimate of drug-likeness (QED) is 0.340. The summed E-state index contributed by atoms with van der Waals surface area (Å²) in [5.74, 6) is 27.5. The third-order valence-electron chi connectivity index (χ3n) is 8.78. The van der Waals surface area contributed by atoms with Crippen LogP contribution < -0.4 is 0 Å². The zero-order chi connectivity index (χ0) is 27.2. The lowest BCUT2D eigenvalue weighted by Crippen LogP contribution is -2.47. The largest absolute Gasteiger partial charge is 0.290 e. The van der Waals surface area contributed by atoms with Crippen molar-refractivity contribution in [3.63, 3.8) is 0 Å². The minimum atomic E-state index is 0.891. The van der Waals surface area contributed by atoms with Gasteiger partial charge in [-0.2, -0.15) is 0 Å². The van der Waals surface area contributed by atoms with Crippen LogP contribution in [0.3, 0.4) is 0 Å². The van der Waals surface area contributed by atoms with E-state index >= 15 is 0 Å². The summed E-state index contributed by atoms with van der Waals surface area (Å²) < 4.78 is 0. The lowest BCUT2D eigenvalue weighted by Gasteiger charge is -2.33. The standard InChI is InChI=1S/C32H48N8/c1-2-10-34-21-23-36(24-22-34)12-5-6-14-38-29-31-40(32-30-38)16-8-7-15-39-27-25-37(26-28-39)13-4-3-11-35-19-17-33(9-1)18-20-35/h9-32H2. The third kappa shape index (κ3) is 10.1. The molecule has 11 aliphatic heterocycles. The molecule has 4 saturated heterocycles. The van der Waals surface area contributed by atoms with E-state index < -0.39 is 0 Å². The van der Waals surface area contributed by atoms with Crippen molar-refractivity contribution < 1.29 is 0 Å². The molecule has 0 spiro atoms. The second kappa shape index (κ2) is 16.4. The molecule has 0 aromatic heterocycles. The van der Waals surface area contributed by atoms with Crippen LogP contribution in [0.2, 0.25) is 0 Å². The molecule has 0 radical (unpaired) electrons. The Labute approximate surface area is 243 Å². The molecular weight excluding hydrogens is 496 g/mol. The van der Waals surface area contributed by atoms with Gasteiger partial charge in [0.2, 0.25) is 0 Å². The molecule has 0 aromatic rings. The normalized spacial score (nSPS) is 37.6. The van der Waals surface area contributed by atoms with Gasteiger partial charge in [-0.3, -0.25) is 39.2 Å². The van der Waals surface area contributed by atoms with Crippen molar-refractivity contribution in [2.45, 2.75) is 0 Å². The molecule has 0 unspecified atom stereocenters. The topological polar surface area (TPSA) is 25.9 Å². The summed E-state index contributed by atoms with van der Waals surface area (Å²) >= 11 is 0. The van der Waals surface area contributed by atoms with Crippen LogP contribution in [-0.2, 0) is 0 Å². The molecule has 0 aliphatic carbocycles. The van der Waals surface area contributed by atoms with E-state index in [2.05, 4.69) is 86.6 Å². The fourth-order valence-corrected chi connectivity index (χ4v) is 5.76. The van der Waals surface area contributed by atoms with Gasteiger partial charge in [0, 0.05) is 105 Å². The molecular formula is C32H48N8. The fraction of sp³-hybridized carbons (Fsp3) is 0.750. The van der Waals surface area contributed by atoms with Crippen molar-refractivity contribution in [2.24, 2.45) is 0 Å². The lowest BCUT2D eigenvalue weighted by molar-refractivity contribution is 0.153. The zero-order valence-electron chi connectivity index (χ0n) is 24.5. The van der Waals surface area contributed by atoms with E-state index in [-0.39, 0.29) is 0 Å². The van der Waals surface area contributed by atoms with Gasteiger partial charge in [-0.1, -0.05) is 47.4 Å². The average Bonchev–Trinajstić information content (AvgIpc) is 3.00. The van der Waals surface area contributed by atoms with Gasteiger partial charge in [-0.15, -0.1) is 0 Å². The van der Waals surface area contributed by atoms with E-state index in [0.717, 1.165) is 157 Å². The van der Waals surface area contributed by atoms with Gasteiger partial charge in [-0.05, 0) is 0 Å². The molecule has 8 heteroatoms. The van der Waals surface area contributed by atoms with Crippen molar-refractivity contribution in [2.75, 3.05) is 157 Å². The van der Waals surface area contributed by atoms with Crippen molar-refractivity contribution in [3.05, 3.63) is 0 Å². The zero-order valence-corrected chi connectivity index (χ0v) is 24.5. The highest BCUT2D eigenvalue weighted by Gasteiger charge is 2.18. The van der Waals surface area contributed by atoms with Crippen LogP contribution >= 0.6 is 0 Å². The maximum atomic E-state index is 3.44. The molecule has 11 rings (SSSR count). The molecule has 0 amide bonds. The number of hydrogen-bond acceptors (Lipinski definition) is 8. The number of hydrogen-bond donors (Lipinski definition) is 0. The van der Waals surface area contributed by atoms with Crippen LogP contribution in [0.4, 0.5) is 0 Å². The molecule has 0 atom stereocenters. The first-order valence-electron chi connectivity index (χ1n) is 15.4. The van der Waals surface area contributed by atoms with Gasteiger partial charge in [-0.25, -0.2) is 0 Å². The Kier molecular flexibility index (Phi) is 12.0. The van der Waals surface area contributed by atoms with E-state index in [9.17, 15) is 0 Å². The summed E-state index contributed by atoms with van der Waals surface area (Å²) in [5, 5.41) is 0. The van der Waals surface area contributed by atoms with Crippen LogP contribution in [0.15, 0.2) is 0 Å². The maximum Gasteiger partial charge on any atom is 0.0602 e. The summed E-state index contributed by atoms with van der Waals surface area (Å²) in [5.41, 5.74) is 0. The van der Waals surface area contributed by atoms with Gasteiger partial charge in [0.25, 0.3) is 0 Å². The predicted octanol–water partition coefficient (Wildman–Crippen LogP) is -1.52. The van der Waals surface area contributed by atoms with Crippen molar-refractivity contribution >= 4 is 0 Å². The van der Waals surface area contributed by atoms with Crippen molar-refractivity contribution in [1.82, 2.24) is 39.2 Å². The first-order chi connectivity index (χ1) is 19.8. The van der Waals surface area contributed by atoms with Crippen LogP contribution in [0.1, 0.15) is 0 Å². The minimum Gasteiger partial charge on any atom is -0.290 e. The Morgan fingerprint density at radius 1 is 0.175 bits per heavy atom. The molecule has 0 N–H and O–H groups in total. The van der Waals surface area contributed by atoms with Gasteiger partial charge >= 0.3 is 0 Å². The minimum absolute atomic E-state index is 0.891. The summed E-state index contributed by atoms with van der Waals surface area (Å²) in [6.45, 7) is 24.6. The SMILES string of the molecule is C1#CCN2CCN(CC#CCN3CCN(CC#CCN4CCN(CC#CCN5CCN(C1)CC5)CC4)CC3)CC2. The first-order valence-corrected chi connectivity index (χ1v) is 15.4. The van der Waals surface area contributed by atoms with Crippen molar-refractivity contribution in [1.29, 1.82) is 0 Å². The van der Waals surface area contributed by atoms with Crippen molar-refractivity contribution in [3.8, 4) is 47.4 Å². The third-order valence-corrected chi connectivity index (χ3v) is 8.78. The second-order valence-electron chi connectivity index (χ2n) is 11.6. The Balaban J connectivity index is 1.09. The van der Waals surface area contributed by atoms with Gasteiger partial charge in [0.05, 0.1) is 52.4 Å². The first kappa shape index (κ1) is 29.4. The highest BCUT2D eigenvalue weighted by atomic mass is 15.3.